The smallest absolute Gasteiger partial charge is 0.162 e. The molecule has 1 saturated heterocycles. The van der Waals surface area contributed by atoms with Crippen molar-refractivity contribution in [3.05, 3.63) is 35.9 Å². The molecule has 1 aliphatic heterocycles. The van der Waals surface area contributed by atoms with Gasteiger partial charge in [-0.15, -0.1) is 0 Å². The molecule has 0 saturated carbocycles. The molecule has 0 radical (unpaired) electrons. The van der Waals surface area contributed by atoms with Gasteiger partial charge in [0.2, 0.25) is 0 Å². The number of rotatable bonds is 9. The molecule has 0 bridgehead atoms. The van der Waals surface area contributed by atoms with Crippen molar-refractivity contribution in [2.24, 2.45) is 0 Å². The van der Waals surface area contributed by atoms with E-state index in [2.05, 4.69) is 4.90 Å². The van der Waals surface area contributed by atoms with Gasteiger partial charge in [-0.3, -0.25) is 4.79 Å². The molecular formula is C18H27NO. The summed E-state index contributed by atoms with van der Waals surface area (Å²) in [5.41, 5.74) is 0.863. The minimum absolute atomic E-state index is 0.294. The minimum Gasteiger partial charge on any atom is -0.303 e. The van der Waals surface area contributed by atoms with Gasteiger partial charge in [-0.2, -0.15) is 0 Å². The van der Waals surface area contributed by atoms with E-state index in [1.165, 1.54) is 58.2 Å². The second-order valence-electron chi connectivity index (χ2n) is 5.86. The maximum absolute atomic E-state index is 11.9. The van der Waals surface area contributed by atoms with Crippen LogP contribution in [-0.2, 0) is 0 Å². The zero-order valence-corrected chi connectivity index (χ0v) is 12.5. The normalized spacial score (nSPS) is 15.6. The third-order valence-electron chi connectivity index (χ3n) is 4.17. The number of hydrogen-bond donors (Lipinski definition) is 0. The van der Waals surface area contributed by atoms with Crippen LogP contribution in [0.25, 0.3) is 0 Å². The summed E-state index contributed by atoms with van der Waals surface area (Å²) in [6, 6.07) is 9.66. The molecule has 1 fully saturated rings. The molecule has 110 valence electrons. The summed E-state index contributed by atoms with van der Waals surface area (Å²) >= 11 is 0. The first-order valence-electron chi connectivity index (χ1n) is 8.17. The molecule has 1 aliphatic rings. The second kappa shape index (κ2) is 8.91. The van der Waals surface area contributed by atoms with E-state index in [-0.39, 0.29) is 0 Å². The van der Waals surface area contributed by atoms with Gasteiger partial charge in [-0.05, 0) is 45.3 Å². The van der Waals surface area contributed by atoms with Gasteiger partial charge in [0.15, 0.2) is 5.78 Å². The summed E-state index contributed by atoms with van der Waals surface area (Å²) in [4.78, 5) is 14.5. The van der Waals surface area contributed by atoms with Crippen LogP contribution in [0.2, 0.25) is 0 Å². The van der Waals surface area contributed by atoms with Gasteiger partial charge >= 0.3 is 0 Å². The van der Waals surface area contributed by atoms with Gasteiger partial charge in [0.05, 0.1) is 0 Å². The molecule has 0 N–H and O–H groups in total. The summed E-state index contributed by atoms with van der Waals surface area (Å²) in [5, 5.41) is 0. The number of benzene rings is 1. The lowest BCUT2D eigenvalue weighted by Crippen LogP contribution is -2.20. The highest BCUT2D eigenvalue weighted by atomic mass is 16.1. The van der Waals surface area contributed by atoms with Crippen LogP contribution in [-0.4, -0.2) is 30.3 Å². The Hall–Kier alpha value is -1.15. The molecule has 1 heterocycles. The quantitative estimate of drug-likeness (QED) is 0.494. The molecule has 0 aromatic heterocycles. The van der Waals surface area contributed by atoms with E-state index in [1.54, 1.807) is 0 Å². The van der Waals surface area contributed by atoms with E-state index in [1.807, 2.05) is 30.3 Å². The number of Topliss-reactive ketones (excluding diaryl/α,β-unsaturated/α-hetero) is 1. The largest absolute Gasteiger partial charge is 0.303 e. The van der Waals surface area contributed by atoms with Crippen LogP contribution in [0.1, 0.15) is 61.7 Å². The molecule has 0 spiro atoms. The van der Waals surface area contributed by atoms with Crippen molar-refractivity contribution in [3.63, 3.8) is 0 Å². The number of carbonyl (C=O) groups is 1. The highest BCUT2D eigenvalue weighted by Crippen LogP contribution is 2.12. The van der Waals surface area contributed by atoms with Crippen LogP contribution in [0, 0.1) is 0 Å². The maximum atomic E-state index is 11.9. The van der Waals surface area contributed by atoms with E-state index in [0.29, 0.717) is 12.2 Å². The van der Waals surface area contributed by atoms with Crippen LogP contribution in [0.4, 0.5) is 0 Å². The fourth-order valence-corrected chi connectivity index (χ4v) is 2.93. The Bertz CT molecular complexity index is 382. The Labute approximate surface area is 123 Å². The SMILES string of the molecule is O=C(CCCCCCCN1CCCC1)c1ccccc1. The molecule has 1 aromatic rings. The average Bonchev–Trinajstić information content (AvgIpc) is 3.00. The monoisotopic (exact) mass is 273 g/mol. The predicted molar refractivity (Wildman–Crippen MR) is 84.1 cm³/mol. The Kier molecular flexibility index (Phi) is 6.79. The summed E-state index contributed by atoms with van der Waals surface area (Å²) < 4.78 is 0. The van der Waals surface area contributed by atoms with Crippen LogP contribution in [0.15, 0.2) is 30.3 Å². The first-order valence-corrected chi connectivity index (χ1v) is 8.17. The van der Waals surface area contributed by atoms with Gasteiger partial charge in [0.25, 0.3) is 0 Å². The molecular weight excluding hydrogens is 246 g/mol. The Morgan fingerprint density at radius 2 is 1.55 bits per heavy atom. The van der Waals surface area contributed by atoms with E-state index in [9.17, 15) is 4.79 Å². The van der Waals surface area contributed by atoms with E-state index in [0.717, 1.165) is 12.0 Å². The first-order chi connectivity index (χ1) is 9.86. The van der Waals surface area contributed by atoms with E-state index >= 15 is 0 Å². The van der Waals surface area contributed by atoms with Crippen LogP contribution < -0.4 is 0 Å². The highest BCUT2D eigenvalue weighted by Gasteiger charge is 2.10. The lowest BCUT2D eigenvalue weighted by Gasteiger charge is -2.13. The molecule has 2 rings (SSSR count). The molecule has 20 heavy (non-hydrogen) atoms. The van der Waals surface area contributed by atoms with Crippen molar-refractivity contribution in [1.29, 1.82) is 0 Å². The molecule has 0 atom stereocenters. The Morgan fingerprint density at radius 3 is 2.30 bits per heavy atom. The van der Waals surface area contributed by atoms with Crippen LogP contribution >= 0.6 is 0 Å². The van der Waals surface area contributed by atoms with Gasteiger partial charge in [-0.1, -0.05) is 49.6 Å². The standard InChI is InChI=1S/C18H27NO/c20-18(17-11-5-4-6-12-17)13-7-2-1-3-8-14-19-15-9-10-16-19/h4-6,11-12H,1-3,7-10,13-16H2. The maximum Gasteiger partial charge on any atom is 0.162 e. The number of nitrogens with zero attached hydrogens (tertiary/aromatic N) is 1. The van der Waals surface area contributed by atoms with Crippen molar-refractivity contribution in [2.45, 2.75) is 51.4 Å². The van der Waals surface area contributed by atoms with Crippen molar-refractivity contribution >= 4 is 5.78 Å². The highest BCUT2D eigenvalue weighted by molar-refractivity contribution is 5.95. The summed E-state index contributed by atoms with van der Waals surface area (Å²) in [6.07, 6.45) is 9.63. The van der Waals surface area contributed by atoms with Crippen molar-refractivity contribution in [1.82, 2.24) is 4.90 Å². The van der Waals surface area contributed by atoms with Crippen molar-refractivity contribution < 1.29 is 4.79 Å². The van der Waals surface area contributed by atoms with Crippen molar-refractivity contribution in [3.8, 4) is 0 Å². The third-order valence-corrected chi connectivity index (χ3v) is 4.17. The number of unbranched alkanes of at least 4 members (excludes halogenated alkanes) is 4. The summed E-state index contributed by atoms with van der Waals surface area (Å²) in [7, 11) is 0. The Morgan fingerprint density at radius 1 is 0.900 bits per heavy atom. The van der Waals surface area contributed by atoms with Crippen molar-refractivity contribution in [2.75, 3.05) is 19.6 Å². The first kappa shape index (κ1) is 15.2. The van der Waals surface area contributed by atoms with Gasteiger partial charge in [0.1, 0.15) is 0 Å². The summed E-state index contributed by atoms with van der Waals surface area (Å²) in [5.74, 6) is 0.294. The summed E-state index contributed by atoms with van der Waals surface area (Å²) in [6.45, 7) is 3.90. The molecule has 2 heteroatoms. The zero-order valence-electron chi connectivity index (χ0n) is 12.5. The minimum atomic E-state index is 0.294. The number of ketones is 1. The van der Waals surface area contributed by atoms with Crippen LogP contribution in [0.3, 0.4) is 0 Å². The fourth-order valence-electron chi connectivity index (χ4n) is 2.93. The number of likely N-dealkylation sites (tertiary alicyclic amines) is 1. The molecule has 0 aliphatic carbocycles. The van der Waals surface area contributed by atoms with Gasteiger partial charge in [0, 0.05) is 12.0 Å². The van der Waals surface area contributed by atoms with Crippen LogP contribution in [0.5, 0.6) is 0 Å². The van der Waals surface area contributed by atoms with Gasteiger partial charge < -0.3 is 4.90 Å². The van der Waals surface area contributed by atoms with E-state index < -0.39 is 0 Å². The lowest BCUT2D eigenvalue weighted by molar-refractivity contribution is 0.0979. The number of carbonyl (C=O) groups excluding carboxylic acids is 1. The lowest BCUT2D eigenvalue weighted by atomic mass is 10.0. The Balaban J connectivity index is 1.46. The average molecular weight is 273 g/mol. The topological polar surface area (TPSA) is 20.3 Å². The predicted octanol–water partition coefficient (Wildman–Crippen LogP) is 4.31. The zero-order chi connectivity index (χ0) is 14.0. The molecule has 0 unspecified atom stereocenters. The van der Waals surface area contributed by atoms with Gasteiger partial charge in [-0.25, -0.2) is 0 Å². The fraction of sp³-hybridized carbons (Fsp3) is 0.611. The molecule has 0 amide bonds. The second-order valence-corrected chi connectivity index (χ2v) is 5.86. The number of hydrogen-bond acceptors (Lipinski definition) is 2. The molecule has 1 aromatic carbocycles. The third kappa shape index (κ3) is 5.46. The van der Waals surface area contributed by atoms with E-state index in [4.69, 9.17) is 0 Å². The molecule has 2 nitrogen and oxygen atoms in total.